The van der Waals surface area contributed by atoms with E-state index in [1.54, 1.807) is 6.07 Å². The molecule has 0 fully saturated rings. The molecule has 0 atom stereocenters. The van der Waals surface area contributed by atoms with E-state index in [-0.39, 0.29) is 5.56 Å². The Morgan fingerprint density at radius 3 is 2.67 bits per heavy atom. The lowest BCUT2D eigenvalue weighted by molar-refractivity contribution is 1.17. The molecule has 4 nitrogen and oxygen atoms in total. The summed E-state index contributed by atoms with van der Waals surface area (Å²) in [7, 11) is 0. The number of anilines is 2. The Kier molecular flexibility index (Phi) is 2.53. The van der Waals surface area contributed by atoms with Gasteiger partial charge in [0.05, 0.1) is 17.2 Å². The molecule has 3 rings (SSSR count). The lowest BCUT2D eigenvalue weighted by Gasteiger charge is -2.06. The van der Waals surface area contributed by atoms with Crippen molar-refractivity contribution in [2.45, 2.75) is 0 Å². The highest BCUT2D eigenvalue weighted by Gasteiger charge is 2.00. The second-order valence-electron chi connectivity index (χ2n) is 3.95. The van der Waals surface area contributed by atoms with Gasteiger partial charge in [0.25, 0.3) is 5.56 Å². The first-order valence-corrected chi connectivity index (χ1v) is 5.62. The van der Waals surface area contributed by atoms with E-state index in [0.29, 0.717) is 10.9 Å². The lowest BCUT2D eigenvalue weighted by atomic mass is 10.2. The van der Waals surface area contributed by atoms with Crippen molar-refractivity contribution in [2.24, 2.45) is 0 Å². The number of benzene rings is 2. The fraction of sp³-hybridized carbons (Fsp3) is 0. The third-order valence-corrected chi connectivity index (χ3v) is 2.70. The Balaban J connectivity index is 2.02. The van der Waals surface area contributed by atoms with E-state index < -0.39 is 0 Å². The van der Waals surface area contributed by atoms with Crippen LogP contribution in [0.4, 0.5) is 11.4 Å². The molecular formula is C14H11N3O. The van der Waals surface area contributed by atoms with Crippen LogP contribution >= 0.6 is 0 Å². The fourth-order valence-corrected chi connectivity index (χ4v) is 1.83. The van der Waals surface area contributed by atoms with Crippen LogP contribution in [0.1, 0.15) is 0 Å². The maximum Gasteiger partial charge on any atom is 0.258 e. The van der Waals surface area contributed by atoms with Crippen molar-refractivity contribution in [2.75, 3.05) is 5.32 Å². The van der Waals surface area contributed by atoms with Crippen molar-refractivity contribution in [1.29, 1.82) is 0 Å². The summed E-state index contributed by atoms with van der Waals surface area (Å²) in [4.78, 5) is 18.2. The van der Waals surface area contributed by atoms with Crippen LogP contribution in [0.3, 0.4) is 0 Å². The van der Waals surface area contributed by atoms with Gasteiger partial charge in [-0.05, 0) is 30.3 Å². The molecule has 18 heavy (non-hydrogen) atoms. The van der Waals surface area contributed by atoms with Gasteiger partial charge in [0.2, 0.25) is 0 Å². The van der Waals surface area contributed by atoms with E-state index in [1.165, 1.54) is 6.33 Å². The number of nitrogens with zero attached hydrogens (tertiary/aromatic N) is 1. The molecule has 1 aromatic heterocycles. The van der Waals surface area contributed by atoms with Gasteiger partial charge in [-0.2, -0.15) is 0 Å². The summed E-state index contributed by atoms with van der Waals surface area (Å²) in [5.74, 6) is 0. The van der Waals surface area contributed by atoms with Crippen LogP contribution in [-0.2, 0) is 0 Å². The highest BCUT2D eigenvalue weighted by Crippen LogP contribution is 2.18. The maximum atomic E-state index is 11.5. The van der Waals surface area contributed by atoms with E-state index in [2.05, 4.69) is 15.3 Å². The molecule has 0 amide bonds. The number of hydrogen-bond acceptors (Lipinski definition) is 3. The van der Waals surface area contributed by atoms with Gasteiger partial charge >= 0.3 is 0 Å². The standard InChI is InChI=1S/C14H11N3O/c18-14-12-7-6-11(8-13(12)15-9-16-14)17-10-4-2-1-3-5-10/h1-9,17H,(H,15,16,18). The van der Waals surface area contributed by atoms with Gasteiger partial charge in [0, 0.05) is 11.4 Å². The lowest BCUT2D eigenvalue weighted by Crippen LogP contribution is -2.06. The molecule has 0 saturated carbocycles. The second kappa shape index (κ2) is 4.33. The van der Waals surface area contributed by atoms with Crippen LogP contribution in [0.5, 0.6) is 0 Å². The Morgan fingerprint density at radius 2 is 1.83 bits per heavy atom. The minimum absolute atomic E-state index is 0.119. The molecular weight excluding hydrogens is 226 g/mol. The molecule has 0 unspecified atom stereocenters. The van der Waals surface area contributed by atoms with E-state index >= 15 is 0 Å². The first-order chi connectivity index (χ1) is 8.83. The zero-order valence-electron chi connectivity index (χ0n) is 9.55. The number of rotatable bonds is 2. The smallest absolute Gasteiger partial charge is 0.258 e. The topological polar surface area (TPSA) is 57.8 Å². The molecule has 88 valence electrons. The highest BCUT2D eigenvalue weighted by atomic mass is 16.1. The molecule has 0 aliphatic carbocycles. The van der Waals surface area contributed by atoms with Gasteiger partial charge in [0.15, 0.2) is 0 Å². The first-order valence-electron chi connectivity index (χ1n) is 5.62. The summed E-state index contributed by atoms with van der Waals surface area (Å²) in [6, 6.07) is 15.4. The van der Waals surface area contributed by atoms with Crippen molar-refractivity contribution in [3.63, 3.8) is 0 Å². The van der Waals surface area contributed by atoms with E-state index in [1.807, 2.05) is 42.5 Å². The minimum atomic E-state index is -0.119. The van der Waals surface area contributed by atoms with Crippen LogP contribution in [0, 0.1) is 0 Å². The summed E-state index contributed by atoms with van der Waals surface area (Å²) >= 11 is 0. The van der Waals surface area contributed by atoms with Crippen molar-refractivity contribution in [3.8, 4) is 0 Å². The van der Waals surface area contributed by atoms with Crippen molar-refractivity contribution >= 4 is 22.3 Å². The quantitative estimate of drug-likeness (QED) is 0.720. The largest absolute Gasteiger partial charge is 0.355 e. The Hall–Kier alpha value is -2.62. The normalized spacial score (nSPS) is 10.4. The predicted molar refractivity (Wildman–Crippen MR) is 72.1 cm³/mol. The number of para-hydroxylation sites is 1. The average Bonchev–Trinajstić information content (AvgIpc) is 2.40. The average molecular weight is 237 g/mol. The molecule has 1 heterocycles. The Bertz CT molecular complexity index is 735. The highest BCUT2D eigenvalue weighted by molar-refractivity contribution is 5.82. The zero-order valence-corrected chi connectivity index (χ0v) is 9.55. The SMILES string of the molecule is O=c1[nH]cnc2cc(Nc3ccccc3)ccc12. The van der Waals surface area contributed by atoms with Crippen LogP contribution in [0.25, 0.3) is 10.9 Å². The van der Waals surface area contributed by atoms with Crippen LogP contribution in [-0.4, -0.2) is 9.97 Å². The molecule has 0 radical (unpaired) electrons. The number of fused-ring (bicyclic) bond motifs is 1. The summed E-state index contributed by atoms with van der Waals surface area (Å²) < 4.78 is 0. The molecule has 0 aliphatic heterocycles. The summed E-state index contributed by atoms with van der Waals surface area (Å²) in [6.07, 6.45) is 1.41. The number of aromatic nitrogens is 2. The second-order valence-corrected chi connectivity index (χ2v) is 3.95. The molecule has 3 aromatic rings. The first kappa shape index (κ1) is 10.5. The van der Waals surface area contributed by atoms with Crippen LogP contribution in [0.2, 0.25) is 0 Å². The molecule has 4 heteroatoms. The number of H-pyrrole nitrogens is 1. The number of nitrogens with one attached hydrogen (secondary N) is 2. The van der Waals surface area contributed by atoms with E-state index in [0.717, 1.165) is 11.4 Å². The molecule has 0 bridgehead atoms. The number of hydrogen-bond donors (Lipinski definition) is 2. The summed E-state index contributed by atoms with van der Waals surface area (Å²) in [6.45, 7) is 0. The number of aromatic amines is 1. The van der Waals surface area contributed by atoms with E-state index in [4.69, 9.17) is 0 Å². The molecule has 0 spiro atoms. The Labute approximate surface area is 103 Å². The Morgan fingerprint density at radius 1 is 1.00 bits per heavy atom. The van der Waals surface area contributed by atoms with Gasteiger partial charge in [-0.25, -0.2) is 4.98 Å². The third-order valence-electron chi connectivity index (χ3n) is 2.70. The molecule has 0 aliphatic rings. The van der Waals surface area contributed by atoms with Gasteiger partial charge in [0.1, 0.15) is 0 Å². The van der Waals surface area contributed by atoms with Crippen molar-refractivity contribution in [1.82, 2.24) is 9.97 Å². The van der Waals surface area contributed by atoms with Crippen molar-refractivity contribution in [3.05, 3.63) is 65.2 Å². The molecule has 2 N–H and O–H groups in total. The van der Waals surface area contributed by atoms with Crippen LogP contribution < -0.4 is 10.9 Å². The summed E-state index contributed by atoms with van der Waals surface area (Å²) in [5, 5.41) is 3.86. The van der Waals surface area contributed by atoms with Crippen molar-refractivity contribution < 1.29 is 0 Å². The molecule has 0 saturated heterocycles. The van der Waals surface area contributed by atoms with Gasteiger partial charge in [-0.15, -0.1) is 0 Å². The minimum Gasteiger partial charge on any atom is -0.355 e. The van der Waals surface area contributed by atoms with E-state index in [9.17, 15) is 4.79 Å². The monoisotopic (exact) mass is 237 g/mol. The summed E-state index contributed by atoms with van der Waals surface area (Å²) in [5.41, 5.74) is 2.47. The predicted octanol–water partition coefficient (Wildman–Crippen LogP) is 2.67. The van der Waals surface area contributed by atoms with Gasteiger partial charge in [-0.1, -0.05) is 18.2 Å². The van der Waals surface area contributed by atoms with Crippen LogP contribution in [0.15, 0.2) is 59.7 Å². The maximum absolute atomic E-state index is 11.5. The van der Waals surface area contributed by atoms with Gasteiger partial charge in [-0.3, -0.25) is 4.79 Å². The fourth-order valence-electron chi connectivity index (χ4n) is 1.83. The molecule has 2 aromatic carbocycles. The third kappa shape index (κ3) is 1.96. The van der Waals surface area contributed by atoms with Gasteiger partial charge < -0.3 is 10.3 Å². The zero-order chi connectivity index (χ0) is 12.4.